The van der Waals surface area contributed by atoms with Gasteiger partial charge in [-0.2, -0.15) is 0 Å². The quantitative estimate of drug-likeness (QED) is 0.174. The van der Waals surface area contributed by atoms with Gasteiger partial charge in [-0.25, -0.2) is 15.0 Å². The summed E-state index contributed by atoms with van der Waals surface area (Å²) in [4.78, 5) is 15.4. The lowest BCUT2D eigenvalue weighted by Gasteiger charge is -2.22. The normalized spacial score (nSPS) is 14.2. The van der Waals surface area contributed by atoms with Gasteiger partial charge in [0.25, 0.3) is 0 Å². The van der Waals surface area contributed by atoms with Crippen LogP contribution in [0, 0.1) is 0 Å². The van der Waals surface area contributed by atoms with E-state index in [-0.39, 0.29) is 10.8 Å². The Bertz CT molecular complexity index is 3360. The molecule has 0 N–H and O–H groups in total. The summed E-state index contributed by atoms with van der Waals surface area (Å²) < 4.78 is 7.03. The van der Waals surface area contributed by atoms with Gasteiger partial charge in [0.1, 0.15) is 11.2 Å². The van der Waals surface area contributed by atoms with Gasteiger partial charge in [-0.05, 0) is 91.5 Å². The van der Waals surface area contributed by atoms with E-state index in [4.69, 9.17) is 19.4 Å². The molecule has 8 aromatic carbocycles. The van der Waals surface area contributed by atoms with Gasteiger partial charge in [-0.15, -0.1) is 0 Å². The average molecular weight is 784 g/mol. The molecule has 61 heavy (non-hydrogen) atoms. The Morgan fingerprint density at radius 2 is 0.836 bits per heavy atom. The zero-order valence-corrected chi connectivity index (χ0v) is 34.5. The number of nitrogens with zero attached hydrogens (tertiary/aromatic N) is 3. The first-order valence-electron chi connectivity index (χ1n) is 21.1. The van der Waals surface area contributed by atoms with Gasteiger partial charge in [0, 0.05) is 43.9 Å². The number of rotatable bonds is 5. The Kier molecular flexibility index (Phi) is 7.59. The summed E-state index contributed by atoms with van der Waals surface area (Å²) in [7, 11) is 0. The number of benzene rings is 8. The van der Waals surface area contributed by atoms with Crippen molar-refractivity contribution < 1.29 is 4.42 Å². The summed E-state index contributed by atoms with van der Waals surface area (Å²) >= 11 is 0. The van der Waals surface area contributed by atoms with Crippen molar-refractivity contribution in [1.82, 2.24) is 15.0 Å². The van der Waals surface area contributed by atoms with Crippen molar-refractivity contribution in [3.8, 4) is 78.7 Å². The standard InChI is InChI=1S/C57H41N3O/c1-56(2)46-23-13-11-20-39(46)41-28-26-36(32-48(41)56)38-30-44(37-27-29-42-40-21-12-14-24-47(40)57(3,4)49(42)33-37)52-45(31-38)51-43(22-15-25-50(51)61-52)55-59-53(34-16-7-5-8-17-34)58-54(60-55)35-18-9-6-10-19-35/h5-33H,1-4H3. The van der Waals surface area contributed by atoms with Gasteiger partial charge in [-0.1, -0.05) is 173 Å². The van der Waals surface area contributed by atoms with Crippen LogP contribution in [0.5, 0.6) is 0 Å². The van der Waals surface area contributed by atoms with Crippen molar-refractivity contribution in [2.45, 2.75) is 38.5 Å². The number of hydrogen-bond donors (Lipinski definition) is 0. The summed E-state index contributed by atoms with van der Waals surface area (Å²) in [5, 5.41) is 2.00. The average Bonchev–Trinajstić information content (AvgIpc) is 3.88. The second-order valence-corrected chi connectivity index (χ2v) is 17.6. The van der Waals surface area contributed by atoms with E-state index in [2.05, 4.69) is 137 Å². The van der Waals surface area contributed by atoms with Crippen LogP contribution in [0.25, 0.3) is 101 Å². The van der Waals surface area contributed by atoms with E-state index >= 15 is 0 Å². The third-order valence-corrected chi connectivity index (χ3v) is 13.3. The highest BCUT2D eigenvalue weighted by Gasteiger charge is 2.37. The van der Waals surface area contributed by atoms with Crippen LogP contribution in [-0.2, 0) is 10.8 Å². The Morgan fingerprint density at radius 3 is 1.44 bits per heavy atom. The Balaban J connectivity index is 1.12. The fourth-order valence-corrected chi connectivity index (χ4v) is 10.2. The third-order valence-electron chi connectivity index (χ3n) is 13.3. The van der Waals surface area contributed by atoms with Crippen LogP contribution in [0.15, 0.2) is 180 Å². The van der Waals surface area contributed by atoms with Crippen LogP contribution < -0.4 is 0 Å². The maximum absolute atomic E-state index is 7.03. The molecule has 0 amide bonds. The van der Waals surface area contributed by atoms with Crippen LogP contribution in [0.2, 0.25) is 0 Å². The van der Waals surface area contributed by atoms with Crippen molar-refractivity contribution in [3.63, 3.8) is 0 Å². The minimum Gasteiger partial charge on any atom is -0.455 e. The monoisotopic (exact) mass is 783 g/mol. The molecule has 0 aliphatic heterocycles. The van der Waals surface area contributed by atoms with Crippen molar-refractivity contribution in [2.75, 3.05) is 0 Å². The summed E-state index contributed by atoms with van der Waals surface area (Å²) in [6, 6.07) is 62.8. The molecule has 0 spiro atoms. The summed E-state index contributed by atoms with van der Waals surface area (Å²) in [5.41, 5.74) is 19.2. The molecule has 2 aliphatic rings. The highest BCUT2D eigenvalue weighted by atomic mass is 16.3. The molecule has 4 heteroatoms. The van der Waals surface area contributed by atoms with Gasteiger partial charge in [0.2, 0.25) is 0 Å². The lowest BCUT2D eigenvalue weighted by molar-refractivity contribution is 0.660. The van der Waals surface area contributed by atoms with E-state index in [1.807, 2.05) is 66.7 Å². The first kappa shape index (κ1) is 35.5. The molecular formula is C57H41N3O. The minimum absolute atomic E-state index is 0.128. The first-order valence-corrected chi connectivity index (χ1v) is 21.1. The second kappa shape index (κ2) is 13.0. The maximum atomic E-state index is 7.03. The first-order chi connectivity index (χ1) is 29.7. The largest absolute Gasteiger partial charge is 0.455 e. The predicted molar refractivity (Wildman–Crippen MR) is 249 cm³/mol. The molecule has 4 nitrogen and oxygen atoms in total. The van der Waals surface area contributed by atoms with Crippen molar-refractivity contribution in [3.05, 3.63) is 198 Å². The Hall–Kier alpha value is -7.43. The highest BCUT2D eigenvalue weighted by molar-refractivity contribution is 6.16. The second-order valence-electron chi connectivity index (χ2n) is 17.6. The maximum Gasteiger partial charge on any atom is 0.164 e. The van der Waals surface area contributed by atoms with E-state index in [0.717, 1.165) is 55.3 Å². The number of hydrogen-bond acceptors (Lipinski definition) is 4. The SMILES string of the molecule is CC1(C)c2ccccc2-c2ccc(-c3cc(-c4ccc5c(c4)C(C)(C)c4ccccc4-5)c4oc5cccc(-c6nc(-c7ccccc7)nc(-c7ccccc7)n6)c5c4c3)cc21. The predicted octanol–water partition coefficient (Wildman–Crippen LogP) is 14.7. The lowest BCUT2D eigenvalue weighted by atomic mass is 9.81. The van der Waals surface area contributed by atoms with Crippen molar-refractivity contribution in [1.29, 1.82) is 0 Å². The Labute approximate surface area is 355 Å². The van der Waals surface area contributed by atoms with Crippen molar-refractivity contribution in [2.24, 2.45) is 0 Å². The number of furan rings is 1. The van der Waals surface area contributed by atoms with Gasteiger partial charge in [-0.3, -0.25) is 0 Å². The molecular weight excluding hydrogens is 743 g/mol. The highest BCUT2D eigenvalue weighted by Crippen LogP contribution is 2.52. The molecule has 0 radical (unpaired) electrons. The number of fused-ring (bicyclic) bond motifs is 9. The molecule has 2 aromatic heterocycles. The van der Waals surface area contributed by atoms with Gasteiger partial charge < -0.3 is 4.42 Å². The lowest BCUT2D eigenvalue weighted by Crippen LogP contribution is -2.15. The molecule has 12 rings (SSSR count). The Morgan fingerprint density at radius 1 is 0.344 bits per heavy atom. The molecule has 0 unspecified atom stereocenters. The molecule has 0 saturated carbocycles. The van der Waals surface area contributed by atoms with Gasteiger partial charge in [0.15, 0.2) is 17.5 Å². The van der Waals surface area contributed by atoms with E-state index in [0.29, 0.717) is 17.5 Å². The summed E-state index contributed by atoms with van der Waals surface area (Å²) in [6.07, 6.45) is 0. The van der Waals surface area contributed by atoms with E-state index in [1.165, 1.54) is 50.1 Å². The van der Waals surface area contributed by atoms with Crippen molar-refractivity contribution >= 4 is 21.9 Å². The molecule has 2 heterocycles. The van der Waals surface area contributed by atoms with Crippen LogP contribution in [0.4, 0.5) is 0 Å². The number of aromatic nitrogens is 3. The van der Waals surface area contributed by atoms with Gasteiger partial charge in [0.05, 0.1) is 0 Å². The van der Waals surface area contributed by atoms with Crippen LogP contribution >= 0.6 is 0 Å². The molecule has 0 atom stereocenters. The molecule has 2 aliphatic carbocycles. The summed E-state index contributed by atoms with van der Waals surface area (Å²) in [5.74, 6) is 1.85. The third kappa shape index (κ3) is 5.35. The molecule has 0 bridgehead atoms. The van der Waals surface area contributed by atoms with Crippen LogP contribution in [0.1, 0.15) is 49.9 Å². The molecule has 290 valence electrons. The van der Waals surface area contributed by atoms with Crippen LogP contribution in [-0.4, -0.2) is 15.0 Å². The van der Waals surface area contributed by atoms with E-state index in [1.54, 1.807) is 0 Å². The zero-order chi connectivity index (χ0) is 41.0. The van der Waals surface area contributed by atoms with E-state index in [9.17, 15) is 0 Å². The molecule has 0 saturated heterocycles. The van der Waals surface area contributed by atoms with E-state index < -0.39 is 0 Å². The zero-order valence-electron chi connectivity index (χ0n) is 34.5. The fourth-order valence-electron chi connectivity index (χ4n) is 10.2. The van der Waals surface area contributed by atoms with Crippen LogP contribution in [0.3, 0.4) is 0 Å². The molecule has 0 fully saturated rings. The minimum atomic E-state index is -0.147. The topological polar surface area (TPSA) is 51.8 Å². The smallest absolute Gasteiger partial charge is 0.164 e. The fraction of sp³-hybridized carbons (Fsp3) is 0.105. The molecule has 10 aromatic rings. The van der Waals surface area contributed by atoms with Gasteiger partial charge >= 0.3 is 0 Å². The summed E-state index contributed by atoms with van der Waals surface area (Å²) in [6.45, 7) is 9.37.